The van der Waals surface area contributed by atoms with E-state index in [9.17, 15) is 4.79 Å². The second-order valence-corrected chi connectivity index (χ2v) is 4.31. The first-order valence-electron chi connectivity index (χ1n) is 5.92. The monoisotopic (exact) mass is 214 g/mol. The molecule has 0 aromatic rings. The molecular formula is C12H22O3. The predicted molar refractivity (Wildman–Crippen MR) is 58.6 cm³/mol. The molecule has 0 aliphatic carbocycles. The van der Waals surface area contributed by atoms with Gasteiger partial charge in [0, 0.05) is 12.8 Å². The molecule has 1 unspecified atom stereocenters. The highest BCUT2D eigenvalue weighted by Gasteiger charge is 2.42. The summed E-state index contributed by atoms with van der Waals surface area (Å²) in [7, 11) is 0. The molecule has 4 atom stereocenters. The number of ether oxygens (including phenoxy) is 2. The minimum absolute atomic E-state index is 0.0374. The maximum absolute atomic E-state index is 11.0. The lowest BCUT2D eigenvalue weighted by atomic mass is 9.90. The van der Waals surface area contributed by atoms with Crippen LogP contribution in [-0.2, 0) is 14.3 Å². The summed E-state index contributed by atoms with van der Waals surface area (Å²) in [4.78, 5) is 11.0. The van der Waals surface area contributed by atoms with Crippen molar-refractivity contribution in [3.05, 3.63) is 0 Å². The van der Waals surface area contributed by atoms with Crippen molar-refractivity contribution in [2.24, 2.45) is 5.92 Å². The molecule has 1 heterocycles. The SMILES string of the molecule is CCCC1[C@@H](CC)O[C@@H](C)[C@H]1OC(C)=O. The zero-order chi connectivity index (χ0) is 11.4. The Morgan fingerprint density at radius 2 is 2.07 bits per heavy atom. The molecule has 0 aromatic carbocycles. The Labute approximate surface area is 92.1 Å². The van der Waals surface area contributed by atoms with E-state index >= 15 is 0 Å². The van der Waals surface area contributed by atoms with Crippen LogP contribution < -0.4 is 0 Å². The van der Waals surface area contributed by atoms with Gasteiger partial charge in [-0.2, -0.15) is 0 Å². The summed E-state index contributed by atoms with van der Waals surface area (Å²) < 4.78 is 11.2. The summed E-state index contributed by atoms with van der Waals surface area (Å²) >= 11 is 0. The lowest BCUT2D eigenvalue weighted by Crippen LogP contribution is -2.31. The molecule has 88 valence electrons. The summed E-state index contributed by atoms with van der Waals surface area (Å²) in [5.41, 5.74) is 0. The Hall–Kier alpha value is -0.570. The van der Waals surface area contributed by atoms with Crippen LogP contribution >= 0.6 is 0 Å². The molecule has 1 saturated heterocycles. The van der Waals surface area contributed by atoms with Crippen molar-refractivity contribution in [3.8, 4) is 0 Å². The molecule has 1 rings (SSSR count). The minimum Gasteiger partial charge on any atom is -0.459 e. The maximum Gasteiger partial charge on any atom is 0.303 e. The molecule has 0 radical (unpaired) electrons. The summed E-state index contributed by atoms with van der Waals surface area (Å²) in [6.07, 6.45) is 3.41. The Balaban J connectivity index is 2.67. The van der Waals surface area contributed by atoms with Crippen molar-refractivity contribution >= 4 is 5.97 Å². The van der Waals surface area contributed by atoms with Gasteiger partial charge in [0.15, 0.2) is 0 Å². The van der Waals surface area contributed by atoms with Gasteiger partial charge in [-0.05, 0) is 19.8 Å². The van der Waals surface area contributed by atoms with Gasteiger partial charge in [0.05, 0.1) is 12.2 Å². The molecule has 0 bridgehead atoms. The van der Waals surface area contributed by atoms with Crippen LogP contribution in [0.3, 0.4) is 0 Å². The van der Waals surface area contributed by atoms with E-state index in [0.29, 0.717) is 5.92 Å². The van der Waals surface area contributed by atoms with Gasteiger partial charge < -0.3 is 9.47 Å². The van der Waals surface area contributed by atoms with E-state index < -0.39 is 0 Å². The van der Waals surface area contributed by atoms with E-state index in [1.165, 1.54) is 6.92 Å². The van der Waals surface area contributed by atoms with Crippen LogP contribution in [0.1, 0.15) is 47.0 Å². The lowest BCUT2D eigenvalue weighted by molar-refractivity contribution is -0.150. The van der Waals surface area contributed by atoms with Crippen molar-refractivity contribution in [2.45, 2.75) is 65.3 Å². The van der Waals surface area contributed by atoms with Crippen LogP contribution in [0.4, 0.5) is 0 Å². The van der Waals surface area contributed by atoms with Gasteiger partial charge in [-0.15, -0.1) is 0 Å². The topological polar surface area (TPSA) is 35.5 Å². The van der Waals surface area contributed by atoms with Gasteiger partial charge >= 0.3 is 5.97 Å². The molecule has 15 heavy (non-hydrogen) atoms. The number of carbonyl (C=O) groups is 1. The van der Waals surface area contributed by atoms with Gasteiger partial charge in [-0.3, -0.25) is 4.79 Å². The predicted octanol–water partition coefficient (Wildman–Crippen LogP) is 2.53. The molecular weight excluding hydrogens is 192 g/mol. The maximum atomic E-state index is 11.0. The van der Waals surface area contributed by atoms with Gasteiger partial charge in [0.2, 0.25) is 0 Å². The van der Waals surface area contributed by atoms with Crippen LogP contribution in [-0.4, -0.2) is 24.3 Å². The number of hydrogen-bond acceptors (Lipinski definition) is 3. The number of esters is 1. The van der Waals surface area contributed by atoms with E-state index in [4.69, 9.17) is 9.47 Å². The van der Waals surface area contributed by atoms with Crippen molar-refractivity contribution in [1.29, 1.82) is 0 Å². The molecule has 0 saturated carbocycles. The zero-order valence-corrected chi connectivity index (χ0v) is 10.2. The fourth-order valence-corrected chi connectivity index (χ4v) is 2.47. The van der Waals surface area contributed by atoms with Gasteiger partial charge in [-0.1, -0.05) is 20.3 Å². The molecule has 0 aromatic heterocycles. The quantitative estimate of drug-likeness (QED) is 0.675. The first-order chi connectivity index (χ1) is 7.10. The average molecular weight is 214 g/mol. The summed E-state index contributed by atoms with van der Waals surface area (Å²) in [6, 6.07) is 0. The smallest absolute Gasteiger partial charge is 0.303 e. The van der Waals surface area contributed by atoms with E-state index in [1.54, 1.807) is 0 Å². The molecule has 0 N–H and O–H groups in total. The third-order valence-electron chi connectivity index (χ3n) is 3.08. The Morgan fingerprint density at radius 1 is 1.40 bits per heavy atom. The van der Waals surface area contributed by atoms with E-state index in [0.717, 1.165) is 19.3 Å². The first kappa shape index (κ1) is 12.5. The highest BCUT2D eigenvalue weighted by Crippen LogP contribution is 2.34. The van der Waals surface area contributed by atoms with E-state index in [1.807, 2.05) is 6.92 Å². The van der Waals surface area contributed by atoms with Crippen LogP contribution in [0.5, 0.6) is 0 Å². The van der Waals surface area contributed by atoms with Crippen molar-refractivity contribution in [1.82, 2.24) is 0 Å². The average Bonchev–Trinajstić information content (AvgIpc) is 2.45. The van der Waals surface area contributed by atoms with E-state index in [-0.39, 0.29) is 24.3 Å². The zero-order valence-electron chi connectivity index (χ0n) is 10.2. The number of hydrogen-bond donors (Lipinski definition) is 0. The molecule has 1 aliphatic heterocycles. The fourth-order valence-electron chi connectivity index (χ4n) is 2.47. The van der Waals surface area contributed by atoms with Crippen molar-refractivity contribution < 1.29 is 14.3 Å². The lowest BCUT2D eigenvalue weighted by Gasteiger charge is -2.22. The molecule has 1 fully saturated rings. The summed E-state index contributed by atoms with van der Waals surface area (Å²) in [5, 5.41) is 0. The largest absolute Gasteiger partial charge is 0.459 e. The van der Waals surface area contributed by atoms with Gasteiger partial charge in [0.1, 0.15) is 6.10 Å². The van der Waals surface area contributed by atoms with Gasteiger partial charge in [0.25, 0.3) is 0 Å². The highest BCUT2D eigenvalue weighted by molar-refractivity contribution is 5.66. The minimum atomic E-state index is -0.201. The third-order valence-corrected chi connectivity index (χ3v) is 3.08. The van der Waals surface area contributed by atoms with Crippen molar-refractivity contribution in [2.75, 3.05) is 0 Å². The highest BCUT2D eigenvalue weighted by atomic mass is 16.6. The molecule has 3 nitrogen and oxygen atoms in total. The number of rotatable bonds is 4. The standard InChI is InChI=1S/C12H22O3/c1-5-7-10-11(6-2)14-8(3)12(10)15-9(4)13/h8,10-12H,5-7H2,1-4H3/t8-,10?,11+,12+/m0/s1. The Kier molecular flexibility index (Phi) is 4.58. The summed E-state index contributed by atoms with van der Waals surface area (Å²) in [6.45, 7) is 7.73. The fraction of sp³-hybridized carbons (Fsp3) is 0.917. The Bertz CT molecular complexity index is 215. The summed E-state index contributed by atoms with van der Waals surface area (Å²) in [5.74, 6) is 0.173. The number of carbonyl (C=O) groups excluding carboxylic acids is 1. The van der Waals surface area contributed by atoms with Crippen LogP contribution in [0.25, 0.3) is 0 Å². The van der Waals surface area contributed by atoms with E-state index in [2.05, 4.69) is 13.8 Å². The van der Waals surface area contributed by atoms with Crippen LogP contribution in [0.2, 0.25) is 0 Å². The first-order valence-corrected chi connectivity index (χ1v) is 5.92. The van der Waals surface area contributed by atoms with Crippen molar-refractivity contribution in [3.63, 3.8) is 0 Å². The third kappa shape index (κ3) is 2.94. The van der Waals surface area contributed by atoms with Crippen LogP contribution in [0, 0.1) is 5.92 Å². The Morgan fingerprint density at radius 3 is 2.53 bits per heavy atom. The molecule has 3 heteroatoms. The van der Waals surface area contributed by atoms with Gasteiger partial charge in [-0.25, -0.2) is 0 Å². The molecule has 1 aliphatic rings. The molecule has 0 amide bonds. The van der Waals surface area contributed by atoms with Crippen LogP contribution in [0.15, 0.2) is 0 Å². The second kappa shape index (κ2) is 5.50. The molecule has 0 spiro atoms. The normalized spacial score (nSPS) is 35.5. The second-order valence-electron chi connectivity index (χ2n) is 4.31.